The molecule has 6 rings (SSSR count). The summed E-state index contributed by atoms with van der Waals surface area (Å²) >= 11 is 0. The Labute approximate surface area is 267 Å². The van der Waals surface area contributed by atoms with Gasteiger partial charge in [0.15, 0.2) is 5.76 Å². The van der Waals surface area contributed by atoms with Crippen LogP contribution in [0.1, 0.15) is 40.0 Å². The molecule has 6 atom stereocenters. The first-order chi connectivity index (χ1) is 21.8. The number of imide groups is 1. The lowest BCUT2D eigenvalue weighted by Crippen LogP contribution is -2.57. The smallest absolute Gasteiger partial charge is 0.340 e. The molecule has 248 valence electrons. The van der Waals surface area contributed by atoms with E-state index in [4.69, 9.17) is 14.2 Å². The molecule has 3 aliphatic heterocycles. The minimum Gasteiger partial charge on any atom is -0.504 e. The number of ketones is 1. The Morgan fingerprint density at radius 3 is 2.37 bits per heavy atom. The zero-order chi connectivity index (χ0) is 33.1. The molecule has 2 N–H and O–H groups in total. The molecule has 46 heavy (non-hydrogen) atoms. The number of esters is 2. The molecule has 13 heteroatoms. The SMILES string of the molecule is COC[C@H]1OC(=O)/C(=C/N2CCN(CCN3C(=O)C=CC3=O)CC2)C2=C(O)C(=O)C3=C([C@H](OC(C)=O)C[C@]4(C)[C@@H](O)CC[C@@H]34)[C@]21C. The van der Waals surface area contributed by atoms with E-state index in [1.807, 2.05) is 11.8 Å². The van der Waals surface area contributed by atoms with Crippen molar-refractivity contribution < 1.29 is 48.4 Å². The fourth-order valence-electron chi connectivity index (χ4n) is 8.46. The molecule has 6 aliphatic rings. The molecule has 13 nitrogen and oxygen atoms in total. The van der Waals surface area contributed by atoms with E-state index >= 15 is 0 Å². The molecule has 0 aromatic heterocycles. The second-order valence-corrected chi connectivity index (χ2v) is 13.5. The molecule has 3 fully saturated rings. The quantitative estimate of drug-likeness (QED) is 0.229. The molecule has 0 aromatic rings. The number of Topliss-reactive ketones (excluding diaryl/α,β-unsaturated/α-hetero) is 1. The monoisotopic (exact) mass is 639 g/mol. The molecule has 0 bridgehead atoms. The van der Waals surface area contributed by atoms with Gasteiger partial charge in [-0.3, -0.25) is 29.0 Å². The normalized spacial score (nSPS) is 35.5. The van der Waals surface area contributed by atoms with Crippen LogP contribution in [-0.2, 0) is 38.2 Å². The summed E-state index contributed by atoms with van der Waals surface area (Å²) in [5, 5.41) is 22.7. The number of amides is 2. The number of hydrogen-bond acceptors (Lipinski definition) is 12. The predicted octanol–water partition coefficient (Wildman–Crippen LogP) is 0.795. The predicted molar refractivity (Wildman–Crippen MR) is 161 cm³/mol. The van der Waals surface area contributed by atoms with Crippen LogP contribution >= 0.6 is 0 Å². The fourth-order valence-corrected chi connectivity index (χ4v) is 8.46. The van der Waals surface area contributed by atoms with Crippen LogP contribution in [0, 0.1) is 16.7 Å². The summed E-state index contributed by atoms with van der Waals surface area (Å²) in [4.78, 5) is 69.3. The molecule has 2 saturated heterocycles. The number of rotatable bonds is 7. The van der Waals surface area contributed by atoms with Crippen molar-refractivity contribution in [2.45, 2.75) is 58.3 Å². The van der Waals surface area contributed by atoms with Gasteiger partial charge in [0.2, 0.25) is 5.78 Å². The van der Waals surface area contributed by atoms with Crippen molar-refractivity contribution in [3.05, 3.63) is 46.4 Å². The number of methoxy groups -OCH3 is 1. The lowest BCUT2D eigenvalue weighted by atomic mass is 9.53. The minimum atomic E-state index is -1.28. The Balaban J connectivity index is 1.34. The molecule has 0 aromatic carbocycles. The maximum atomic E-state index is 14.2. The van der Waals surface area contributed by atoms with Gasteiger partial charge in [-0.2, -0.15) is 0 Å². The Hall–Kier alpha value is -3.81. The number of aliphatic hydroxyl groups is 2. The van der Waals surface area contributed by atoms with Crippen LogP contribution < -0.4 is 0 Å². The third-order valence-electron chi connectivity index (χ3n) is 10.9. The maximum Gasteiger partial charge on any atom is 0.340 e. The van der Waals surface area contributed by atoms with Crippen LogP contribution in [0.2, 0.25) is 0 Å². The van der Waals surface area contributed by atoms with Crippen LogP contribution in [0.3, 0.4) is 0 Å². The number of cyclic esters (lactones) is 1. The highest BCUT2D eigenvalue weighted by Crippen LogP contribution is 2.63. The van der Waals surface area contributed by atoms with E-state index in [1.54, 1.807) is 13.1 Å². The summed E-state index contributed by atoms with van der Waals surface area (Å²) in [7, 11) is 1.47. The number of allylic oxidation sites excluding steroid dienone is 1. The maximum absolute atomic E-state index is 14.2. The van der Waals surface area contributed by atoms with Crippen LogP contribution in [0.5, 0.6) is 0 Å². The van der Waals surface area contributed by atoms with E-state index in [0.717, 1.165) is 0 Å². The minimum absolute atomic E-state index is 0.0369. The van der Waals surface area contributed by atoms with Gasteiger partial charge in [-0.25, -0.2) is 4.79 Å². The van der Waals surface area contributed by atoms with Gasteiger partial charge >= 0.3 is 11.9 Å². The van der Waals surface area contributed by atoms with Gasteiger partial charge in [0.25, 0.3) is 11.8 Å². The van der Waals surface area contributed by atoms with E-state index in [-0.39, 0.29) is 48.5 Å². The van der Waals surface area contributed by atoms with E-state index in [0.29, 0.717) is 56.7 Å². The van der Waals surface area contributed by atoms with Gasteiger partial charge in [0.05, 0.1) is 23.7 Å². The molecule has 0 unspecified atom stereocenters. The molecule has 0 spiro atoms. The third kappa shape index (κ3) is 4.99. The highest BCUT2D eigenvalue weighted by Gasteiger charge is 2.64. The van der Waals surface area contributed by atoms with E-state index < -0.39 is 52.6 Å². The average molecular weight is 640 g/mol. The third-order valence-corrected chi connectivity index (χ3v) is 10.9. The number of hydrogen-bond donors (Lipinski definition) is 2. The van der Waals surface area contributed by atoms with Crippen LogP contribution in [0.4, 0.5) is 0 Å². The van der Waals surface area contributed by atoms with Crippen LogP contribution in [-0.4, -0.2) is 126 Å². The Morgan fingerprint density at radius 2 is 1.74 bits per heavy atom. The molecule has 3 aliphatic carbocycles. The van der Waals surface area contributed by atoms with Gasteiger partial charge < -0.3 is 29.3 Å². The Bertz CT molecular complexity index is 1490. The van der Waals surface area contributed by atoms with Crippen molar-refractivity contribution in [3.63, 3.8) is 0 Å². The number of carbonyl (C=O) groups is 5. The Kier molecular flexibility index (Phi) is 8.22. The second-order valence-electron chi connectivity index (χ2n) is 13.5. The molecule has 0 radical (unpaired) electrons. The molecule has 2 amide bonds. The Morgan fingerprint density at radius 1 is 1.07 bits per heavy atom. The van der Waals surface area contributed by atoms with Crippen molar-refractivity contribution >= 4 is 29.5 Å². The number of piperazine rings is 1. The number of carbonyl (C=O) groups excluding carboxylic acids is 5. The lowest BCUT2D eigenvalue weighted by molar-refractivity contribution is -0.161. The van der Waals surface area contributed by atoms with Gasteiger partial charge in [0.1, 0.15) is 12.2 Å². The highest BCUT2D eigenvalue weighted by atomic mass is 16.6. The highest BCUT2D eigenvalue weighted by molar-refractivity contribution is 6.13. The lowest BCUT2D eigenvalue weighted by Gasteiger charge is -2.54. The summed E-state index contributed by atoms with van der Waals surface area (Å²) in [5.74, 6) is -3.48. The van der Waals surface area contributed by atoms with E-state index in [9.17, 15) is 34.2 Å². The van der Waals surface area contributed by atoms with E-state index in [1.165, 1.54) is 31.1 Å². The standard InChI is InChI=1S/C33H41N3O10/c1-18(37)45-21-15-32(2)20(5-6-22(32)38)26-28(21)33(3)23(17-44-4)46-31(43)19(27(33)30(42)29(26)41)16-35-11-9-34(10-12-35)13-14-36-24(39)7-8-25(36)40/h7-8,16,20-23,38,42H,5-6,9-15,17H2,1-4H3/b19-16+/t20-,21+,22-,23+,32-,33-/m0/s1. The van der Waals surface area contributed by atoms with Gasteiger partial charge in [0, 0.05) is 88.2 Å². The first kappa shape index (κ1) is 32.1. The molecular weight excluding hydrogens is 598 g/mol. The molecular formula is C33H41N3O10. The van der Waals surface area contributed by atoms with Gasteiger partial charge in [-0.1, -0.05) is 6.92 Å². The zero-order valence-electron chi connectivity index (χ0n) is 26.6. The first-order valence-electron chi connectivity index (χ1n) is 15.8. The summed E-state index contributed by atoms with van der Waals surface area (Å²) < 4.78 is 17.4. The average Bonchev–Trinajstić information content (AvgIpc) is 3.48. The number of nitrogens with zero attached hydrogens (tertiary/aromatic N) is 3. The van der Waals surface area contributed by atoms with Crippen LogP contribution in [0.25, 0.3) is 0 Å². The molecule has 1 saturated carbocycles. The number of aliphatic hydroxyl groups excluding tert-OH is 2. The number of fused-ring (bicyclic) bond motifs is 4. The van der Waals surface area contributed by atoms with E-state index in [2.05, 4.69) is 4.90 Å². The van der Waals surface area contributed by atoms with Crippen molar-refractivity contribution in [2.75, 3.05) is 53.0 Å². The number of ether oxygens (including phenoxy) is 3. The summed E-state index contributed by atoms with van der Waals surface area (Å²) in [5.41, 5.74) is -1.06. The summed E-state index contributed by atoms with van der Waals surface area (Å²) in [6.07, 6.45) is 2.84. The topological polar surface area (TPSA) is 163 Å². The van der Waals surface area contributed by atoms with Crippen molar-refractivity contribution in [3.8, 4) is 0 Å². The molecule has 3 heterocycles. The van der Waals surface area contributed by atoms with Crippen LogP contribution in [0.15, 0.2) is 46.4 Å². The van der Waals surface area contributed by atoms with Crippen molar-refractivity contribution in [1.29, 1.82) is 0 Å². The fraction of sp³-hybridized carbons (Fsp3) is 0.606. The summed E-state index contributed by atoms with van der Waals surface area (Å²) in [6, 6.07) is 0. The van der Waals surface area contributed by atoms with Crippen molar-refractivity contribution in [2.24, 2.45) is 16.7 Å². The zero-order valence-corrected chi connectivity index (χ0v) is 26.6. The van der Waals surface area contributed by atoms with Gasteiger partial charge in [-0.05, 0) is 37.7 Å². The summed E-state index contributed by atoms with van der Waals surface area (Å²) in [6.45, 7) is 7.89. The largest absolute Gasteiger partial charge is 0.504 e. The second kappa shape index (κ2) is 11.8. The first-order valence-corrected chi connectivity index (χ1v) is 15.8. The van der Waals surface area contributed by atoms with Crippen molar-refractivity contribution in [1.82, 2.24) is 14.7 Å². The van der Waals surface area contributed by atoms with Gasteiger partial charge in [-0.15, -0.1) is 0 Å².